The van der Waals surface area contributed by atoms with Crippen molar-refractivity contribution in [3.63, 3.8) is 0 Å². The number of carbonyl (C=O) groups excluding carboxylic acids is 2. The van der Waals surface area contributed by atoms with Gasteiger partial charge in [-0.1, -0.05) is 12.2 Å². The summed E-state index contributed by atoms with van der Waals surface area (Å²) in [6.45, 7) is 3.34. The van der Waals surface area contributed by atoms with Crippen LogP contribution in [0.3, 0.4) is 0 Å². The predicted molar refractivity (Wildman–Crippen MR) is 57.9 cm³/mol. The van der Waals surface area contributed by atoms with Crippen LogP contribution in [0.1, 0.15) is 13.8 Å². The van der Waals surface area contributed by atoms with Crippen molar-refractivity contribution in [2.45, 2.75) is 26.1 Å². The molecule has 0 aromatic carbocycles. The van der Waals surface area contributed by atoms with Gasteiger partial charge in [0.25, 0.3) is 11.8 Å². The molecule has 0 aliphatic heterocycles. The van der Waals surface area contributed by atoms with Crippen molar-refractivity contribution in [1.82, 2.24) is 10.6 Å². The molecule has 0 rings (SSSR count). The summed E-state index contributed by atoms with van der Waals surface area (Å²) in [5, 5.41) is 23.0. The summed E-state index contributed by atoms with van der Waals surface area (Å²) in [5.74, 6) is -1.69. The zero-order chi connectivity index (χ0) is 12.6. The molecule has 16 heavy (non-hydrogen) atoms. The van der Waals surface area contributed by atoms with E-state index in [1.54, 1.807) is 13.8 Å². The average molecular weight is 228 g/mol. The van der Waals surface area contributed by atoms with Crippen LogP contribution in [-0.2, 0) is 9.59 Å². The fourth-order valence-electron chi connectivity index (χ4n) is 0.788. The second kappa shape index (κ2) is 7.61. The fraction of sp³-hybridized carbons (Fsp3) is 0.400. The van der Waals surface area contributed by atoms with E-state index >= 15 is 0 Å². The van der Waals surface area contributed by atoms with E-state index in [1.807, 2.05) is 0 Å². The van der Waals surface area contributed by atoms with Gasteiger partial charge < -0.3 is 20.8 Å². The van der Waals surface area contributed by atoms with Crippen LogP contribution in [0.15, 0.2) is 24.6 Å². The highest BCUT2D eigenvalue weighted by Crippen LogP contribution is 1.94. The Kier molecular flexibility index (Phi) is 6.82. The molecule has 0 bridgehead atoms. The summed E-state index contributed by atoms with van der Waals surface area (Å²) in [6.07, 6.45) is 2.06. The monoisotopic (exact) mass is 228 g/mol. The molecule has 0 saturated carbocycles. The summed E-state index contributed by atoms with van der Waals surface area (Å²) in [7, 11) is 0. The lowest BCUT2D eigenvalue weighted by Gasteiger charge is -2.14. The van der Waals surface area contributed by atoms with E-state index < -0.39 is 24.0 Å². The van der Waals surface area contributed by atoms with Crippen LogP contribution in [0.4, 0.5) is 0 Å². The number of rotatable bonds is 5. The van der Waals surface area contributed by atoms with Gasteiger partial charge >= 0.3 is 0 Å². The number of aliphatic hydroxyl groups is 2. The molecule has 6 heteroatoms. The summed E-state index contributed by atoms with van der Waals surface area (Å²) in [6, 6.07) is 0. The van der Waals surface area contributed by atoms with E-state index in [0.29, 0.717) is 0 Å². The molecule has 4 N–H and O–H groups in total. The van der Waals surface area contributed by atoms with Crippen molar-refractivity contribution < 1.29 is 19.8 Å². The zero-order valence-electron chi connectivity index (χ0n) is 9.18. The van der Waals surface area contributed by atoms with Gasteiger partial charge in [-0.3, -0.25) is 9.59 Å². The van der Waals surface area contributed by atoms with Crippen LogP contribution >= 0.6 is 0 Å². The molecule has 0 aliphatic carbocycles. The first-order chi connectivity index (χ1) is 7.54. The largest absolute Gasteiger partial charge is 0.380 e. The number of nitrogens with one attached hydrogen (secondary N) is 2. The molecule has 0 heterocycles. The molecule has 2 amide bonds. The third-order valence-electron chi connectivity index (χ3n) is 1.62. The minimum Gasteiger partial charge on any atom is -0.380 e. The minimum atomic E-state index is -1.80. The van der Waals surface area contributed by atoms with E-state index in [4.69, 9.17) is 0 Å². The first kappa shape index (κ1) is 14.3. The molecule has 0 fully saturated rings. The fourth-order valence-corrected chi connectivity index (χ4v) is 0.788. The van der Waals surface area contributed by atoms with Crippen LogP contribution in [0.5, 0.6) is 0 Å². The van der Waals surface area contributed by atoms with Gasteiger partial charge in [0.05, 0.1) is 0 Å². The number of hydrogen-bond acceptors (Lipinski definition) is 4. The van der Waals surface area contributed by atoms with Gasteiger partial charge in [0, 0.05) is 0 Å². The summed E-state index contributed by atoms with van der Waals surface area (Å²) < 4.78 is 0. The molecule has 0 aliphatic rings. The van der Waals surface area contributed by atoms with Crippen LogP contribution in [0.25, 0.3) is 0 Å². The normalized spacial score (nSPS) is 15.0. The molecule has 0 saturated heterocycles. The second-order valence-electron chi connectivity index (χ2n) is 2.91. The van der Waals surface area contributed by atoms with Crippen LogP contribution < -0.4 is 10.6 Å². The average Bonchev–Trinajstić information content (AvgIpc) is 2.30. The molecular weight excluding hydrogens is 212 g/mol. The second-order valence-corrected chi connectivity index (χ2v) is 2.91. The SMILES string of the molecule is C/C=C/NC(=O)[C@@H](O)[C@H](O)C(=O)N/C=C/C. The summed E-state index contributed by atoms with van der Waals surface area (Å²) in [4.78, 5) is 22.3. The number of carbonyl (C=O) groups is 2. The molecule has 0 aromatic heterocycles. The van der Waals surface area contributed by atoms with Gasteiger partial charge in [-0.05, 0) is 26.2 Å². The van der Waals surface area contributed by atoms with Gasteiger partial charge in [0.15, 0.2) is 12.2 Å². The third-order valence-corrected chi connectivity index (χ3v) is 1.62. The van der Waals surface area contributed by atoms with Crippen molar-refractivity contribution in [2.24, 2.45) is 0 Å². The van der Waals surface area contributed by atoms with Gasteiger partial charge in [-0.25, -0.2) is 0 Å². The van der Waals surface area contributed by atoms with E-state index in [2.05, 4.69) is 10.6 Å². The van der Waals surface area contributed by atoms with Crippen LogP contribution in [-0.4, -0.2) is 34.2 Å². The van der Waals surface area contributed by atoms with Crippen LogP contribution in [0, 0.1) is 0 Å². The molecule has 0 spiro atoms. The van der Waals surface area contributed by atoms with E-state index in [-0.39, 0.29) is 0 Å². The van der Waals surface area contributed by atoms with Crippen molar-refractivity contribution in [1.29, 1.82) is 0 Å². The Morgan fingerprint density at radius 1 is 0.938 bits per heavy atom. The molecular formula is C10H16N2O4. The summed E-state index contributed by atoms with van der Waals surface area (Å²) >= 11 is 0. The highest BCUT2D eigenvalue weighted by atomic mass is 16.3. The molecule has 0 radical (unpaired) electrons. The first-order valence-electron chi connectivity index (χ1n) is 4.73. The van der Waals surface area contributed by atoms with Crippen molar-refractivity contribution in [3.8, 4) is 0 Å². The van der Waals surface area contributed by atoms with E-state index in [9.17, 15) is 19.8 Å². The topological polar surface area (TPSA) is 98.7 Å². The molecule has 2 atom stereocenters. The summed E-state index contributed by atoms with van der Waals surface area (Å²) in [5.41, 5.74) is 0. The highest BCUT2D eigenvalue weighted by molar-refractivity contribution is 5.91. The Bertz CT molecular complexity index is 269. The first-order valence-corrected chi connectivity index (χ1v) is 4.73. The van der Waals surface area contributed by atoms with Crippen molar-refractivity contribution in [3.05, 3.63) is 24.6 Å². The van der Waals surface area contributed by atoms with E-state index in [1.165, 1.54) is 24.6 Å². The standard InChI is InChI=1S/C10H16N2O4/c1-3-5-11-9(15)7(13)8(14)10(16)12-6-4-2/h3-8,13-14H,1-2H3,(H,11,15)(H,12,16)/b5-3+,6-4+/t7-,8-/m0/s1. The molecule has 6 nitrogen and oxygen atoms in total. The van der Waals surface area contributed by atoms with Crippen molar-refractivity contribution in [2.75, 3.05) is 0 Å². The third kappa shape index (κ3) is 4.72. The Labute approximate surface area is 93.7 Å². The Morgan fingerprint density at radius 2 is 1.25 bits per heavy atom. The maximum Gasteiger partial charge on any atom is 0.256 e. The maximum absolute atomic E-state index is 11.2. The van der Waals surface area contributed by atoms with E-state index in [0.717, 1.165) is 0 Å². The lowest BCUT2D eigenvalue weighted by Crippen LogP contribution is -2.47. The Balaban J connectivity index is 4.30. The maximum atomic E-state index is 11.2. The Hall–Kier alpha value is -1.66. The Morgan fingerprint density at radius 3 is 1.50 bits per heavy atom. The number of hydrogen-bond donors (Lipinski definition) is 4. The van der Waals surface area contributed by atoms with Gasteiger partial charge in [-0.2, -0.15) is 0 Å². The van der Waals surface area contributed by atoms with Gasteiger partial charge in [-0.15, -0.1) is 0 Å². The van der Waals surface area contributed by atoms with Crippen LogP contribution in [0.2, 0.25) is 0 Å². The number of amides is 2. The number of aliphatic hydroxyl groups excluding tert-OH is 2. The minimum absolute atomic E-state index is 0.846. The lowest BCUT2D eigenvalue weighted by molar-refractivity contribution is -0.144. The molecule has 0 unspecified atom stereocenters. The van der Waals surface area contributed by atoms with Crippen molar-refractivity contribution >= 4 is 11.8 Å². The van der Waals surface area contributed by atoms with Gasteiger partial charge in [0.2, 0.25) is 0 Å². The quantitative estimate of drug-likeness (QED) is 0.485. The smallest absolute Gasteiger partial charge is 0.256 e. The molecule has 0 aromatic rings. The highest BCUT2D eigenvalue weighted by Gasteiger charge is 2.29. The number of allylic oxidation sites excluding steroid dienone is 2. The van der Waals surface area contributed by atoms with Gasteiger partial charge in [0.1, 0.15) is 0 Å². The zero-order valence-corrected chi connectivity index (χ0v) is 9.18. The lowest BCUT2D eigenvalue weighted by atomic mass is 10.2. The molecule has 90 valence electrons. The predicted octanol–water partition coefficient (Wildman–Crippen LogP) is -0.992.